The Bertz CT molecular complexity index is 969. The lowest BCUT2D eigenvalue weighted by molar-refractivity contribution is 0.590. The van der Waals surface area contributed by atoms with Gasteiger partial charge in [0.25, 0.3) is 0 Å². The van der Waals surface area contributed by atoms with Crippen molar-refractivity contribution in [3.63, 3.8) is 0 Å². The maximum Gasteiger partial charge on any atom is 0.134 e. The third-order valence-electron chi connectivity index (χ3n) is 4.08. The average Bonchev–Trinajstić information content (AvgIpc) is 3.10. The third-order valence-corrected chi connectivity index (χ3v) is 5.21. The Balaban J connectivity index is 1.88. The molecule has 0 atom stereocenters. The van der Waals surface area contributed by atoms with E-state index in [0.717, 1.165) is 21.8 Å². The van der Waals surface area contributed by atoms with Crippen molar-refractivity contribution in [2.45, 2.75) is 26.2 Å². The molecule has 0 aliphatic heterocycles. The molecule has 1 aromatic heterocycles. The third kappa shape index (κ3) is 4.22. The first-order chi connectivity index (χ1) is 12.4. The van der Waals surface area contributed by atoms with E-state index in [-0.39, 0.29) is 5.41 Å². The van der Waals surface area contributed by atoms with Crippen molar-refractivity contribution >= 4 is 34.6 Å². The normalized spacial score (nSPS) is 12.0. The molecule has 0 saturated heterocycles. The number of hydrogen-bond acceptors (Lipinski definition) is 3. The predicted octanol–water partition coefficient (Wildman–Crippen LogP) is 6.83. The summed E-state index contributed by atoms with van der Waals surface area (Å²) < 4.78 is 0. The summed E-state index contributed by atoms with van der Waals surface area (Å²) in [4.78, 5) is 4.62. The van der Waals surface area contributed by atoms with Crippen molar-refractivity contribution < 1.29 is 0 Å². The van der Waals surface area contributed by atoms with Crippen LogP contribution in [0, 0.1) is 11.3 Å². The number of hydrogen-bond donors (Lipinski definition) is 0. The monoisotopic (exact) mass is 378 g/mol. The fourth-order valence-corrected chi connectivity index (χ4v) is 3.46. The van der Waals surface area contributed by atoms with Crippen molar-refractivity contribution in [2.24, 2.45) is 0 Å². The molecule has 3 rings (SSSR count). The van der Waals surface area contributed by atoms with E-state index in [9.17, 15) is 5.26 Å². The second-order valence-electron chi connectivity index (χ2n) is 7.09. The van der Waals surface area contributed by atoms with Gasteiger partial charge in [0.1, 0.15) is 11.1 Å². The van der Waals surface area contributed by atoms with E-state index < -0.39 is 0 Å². The molecule has 0 aliphatic carbocycles. The molecule has 0 radical (unpaired) electrons. The van der Waals surface area contributed by atoms with Gasteiger partial charge in [0.05, 0.1) is 11.3 Å². The quantitative estimate of drug-likeness (QED) is 0.468. The highest BCUT2D eigenvalue weighted by Crippen LogP contribution is 2.28. The first kappa shape index (κ1) is 18.4. The van der Waals surface area contributed by atoms with Gasteiger partial charge < -0.3 is 0 Å². The van der Waals surface area contributed by atoms with E-state index in [1.165, 1.54) is 16.9 Å². The van der Waals surface area contributed by atoms with Crippen LogP contribution in [0.15, 0.2) is 53.9 Å². The summed E-state index contributed by atoms with van der Waals surface area (Å²) in [5.74, 6) is 0. The maximum atomic E-state index is 9.57. The highest BCUT2D eigenvalue weighted by molar-refractivity contribution is 7.11. The number of aromatic nitrogens is 1. The lowest BCUT2D eigenvalue weighted by Crippen LogP contribution is -2.10. The number of nitrogens with zero attached hydrogens (tertiary/aromatic N) is 2. The Labute approximate surface area is 163 Å². The maximum absolute atomic E-state index is 9.57. The first-order valence-electron chi connectivity index (χ1n) is 8.31. The second-order valence-corrected chi connectivity index (χ2v) is 8.38. The van der Waals surface area contributed by atoms with Crippen LogP contribution in [0.25, 0.3) is 22.9 Å². The van der Waals surface area contributed by atoms with E-state index in [1.54, 1.807) is 0 Å². The van der Waals surface area contributed by atoms with Gasteiger partial charge in [-0.25, -0.2) is 4.98 Å². The number of nitriles is 1. The summed E-state index contributed by atoms with van der Waals surface area (Å²) in [6.07, 6.45) is 1.89. The molecular formula is C22H19ClN2S. The number of rotatable bonds is 3. The van der Waals surface area contributed by atoms with Gasteiger partial charge in [-0.15, -0.1) is 11.3 Å². The molecule has 130 valence electrons. The lowest BCUT2D eigenvalue weighted by Gasteiger charge is -2.18. The molecule has 0 saturated carbocycles. The van der Waals surface area contributed by atoms with E-state index in [0.29, 0.717) is 10.6 Å². The van der Waals surface area contributed by atoms with Gasteiger partial charge >= 0.3 is 0 Å². The highest BCUT2D eigenvalue weighted by Gasteiger charge is 2.13. The SMILES string of the molecule is CC(C)(C)c1ccc(/C=C(\C#N)c2nc(-c3ccc(Cl)cc3)cs2)cc1. The van der Waals surface area contributed by atoms with Crippen LogP contribution in [0.5, 0.6) is 0 Å². The zero-order chi connectivity index (χ0) is 18.7. The average molecular weight is 379 g/mol. The fourth-order valence-electron chi connectivity index (χ4n) is 2.54. The zero-order valence-corrected chi connectivity index (χ0v) is 16.5. The first-order valence-corrected chi connectivity index (χ1v) is 9.57. The minimum absolute atomic E-state index is 0.114. The molecular weight excluding hydrogens is 360 g/mol. The Hall–Kier alpha value is -2.41. The molecule has 0 fully saturated rings. The molecule has 2 nitrogen and oxygen atoms in total. The summed E-state index contributed by atoms with van der Waals surface area (Å²) >= 11 is 7.41. The number of allylic oxidation sites excluding steroid dienone is 1. The van der Waals surface area contributed by atoms with Gasteiger partial charge in [-0.2, -0.15) is 5.26 Å². The fraction of sp³-hybridized carbons (Fsp3) is 0.182. The van der Waals surface area contributed by atoms with Crippen LogP contribution in [0.2, 0.25) is 5.02 Å². The summed E-state index contributed by atoms with van der Waals surface area (Å²) in [7, 11) is 0. The van der Waals surface area contributed by atoms with Crippen LogP contribution in [0.1, 0.15) is 36.9 Å². The van der Waals surface area contributed by atoms with E-state index in [1.807, 2.05) is 47.9 Å². The Morgan fingerprint density at radius 2 is 1.73 bits per heavy atom. The van der Waals surface area contributed by atoms with E-state index in [4.69, 9.17) is 11.6 Å². The number of halogens is 1. The molecule has 4 heteroatoms. The van der Waals surface area contributed by atoms with Crippen molar-refractivity contribution in [3.8, 4) is 17.3 Å². The molecule has 0 aliphatic rings. The van der Waals surface area contributed by atoms with Gasteiger partial charge in [-0.05, 0) is 34.8 Å². The molecule has 0 N–H and O–H groups in total. The Morgan fingerprint density at radius 1 is 1.08 bits per heavy atom. The van der Waals surface area contributed by atoms with Gasteiger partial charge in [0, 0.05) is 16.0 Å². The molecule has 0 spiro atoms. The largest absolute Gasteiger partial charge is 0.235 e. The van der Waals surface area contributed by atoms with E-state index in [2.05, 4.69) is 44.0 Å². The van der Waals surface area contributed by atoms with Crippen molar-refractivity contribution in [1.29, 1.82) is 5.26 Å². The van der Waals surface area contributed by atoms with Crippen molar-refractivity contribution in [3.05, 3.63) is 75.1 Å². The number of benzene rings is 2. The topological polar surface area (TPSA) is 36.7 Å². The highest BCUT2D eigenvalue weighted by atomic mass is 35.5. The molecule has 0 amide bonds. The summed E-state index contributed by atoms with van der Waals surface area (Å²) in [6.45, 7) is 6.56. The molecule has 2 aromatic carbocycles. The Morgan fingerprint density at radius 3 is 2.31 bits per heavy atom. The number of thiazole rings is 1. The van der Waals surface area contributed by atoms with Crippen LogP contribution in [-0.4, -0.2) is 4.98 Å². The lowest BCUT2D eigenvalue weighted by atomic mass is 9.86. The van der Waals surface area contributed by atoms with Gasteiger partial charge in [-0.1, -0.05) is 68.8 Å². The van der Waals surface area contributed by atoms with Crippen LogP contribution in [0.3, 0.4) is 0 Å². The molecule has 1 heterocycles. The molecule has 0 unspecified atom stereocenters. The molecule has 26 heavy (non-hydrogen) atoms. The molecule has 3 aromatic rings. The standard InChI is InChI=1S/C22H19ClN2S/c1-22(2,3)18-8-4-15(5-9-18)12-17(13-24)21-25-20(14-26-21)16-6-10-19(23)11-7-16/h4-12,14H,1-3H3/b17-12+. The minimum Gasteiger partial charge on any atom is -0.235 e. The van der Waals surface area contributed by atoms with Crippen molar-refractivity contribution in [2.75, 3.05) is 0 Å². The molecule has 0 bridgehead atoms. The van der Waals surface area contributed by atoms with Crippen LogP contribution in [0.4, 0.5) is 0 Å². The Kier molecular flexibility index (Phi) is 5.27. The van der Waals surface area contributed by atoms with Gasteiger partial charge in [0.2, 0.25) is 0 Å². The minimum atomic E-state index is 0.114. The second kappa shape index (κ2) is 7.45. The van der Waals surface area contributed by atoms with Gasteiger partial charge in [0.15, 0.2) is 0 Å². The van der Waals surface area contributed by atoms with Crippen LogP contribution >= 0.6 is 22.9 Å². The van der Waals surface area contributed by atoms with Crippen molar-refractivity contribution in [1.82, 2.24) is 4.98 Å². The zero-order valence-electron chi connectivity index (χ0n) is 15.0. The van der Waals surface area contributed by atoms with Gasteiger partial charge in [-0.3, -0.25) is 0 Å². The predicted molar refractivity (Wildman–Crippen MR) is 111 cm³/mol. The summed E-state index contributed by atoms with van der Waals surface area (Å²) in [5.41, 5.74) is 4.79. The van der Waals surface area contributed by atoms with Crippen LogP contribution in [-0.2, 0) is 5.41 Å². The van der Waals surface area contributed by atoms with E-state index >= 15 is 0 Å². The summed E-state index contributed by atoms with van der Waals surface area (Å²) in [5, 5.41) is 13.0. The summed E-state index contributed by atoms with van der Waals surface area (Å²) in [6, 6.07) is 18.1. The smallest absolute Gasteiger partial charge is 0.134 e. The van der Waals surface area contributed by atoms with Crippen LogP contribution < -0.4 is 0 Å².